The van der Waals surface area contributed by atoms with Crippen LogP contribution in [-0.2, 0) is 4.79 Å². The molecule has 5 heteroatoms. The van der Waals surface area contributed by atoms with Crippen molar-refractivity contribution in [3.63, 3.8) is 0 Å². The molecule has 2 amide bonds. The van der Waals surface area contributed by atoms with E-state index in [-0.39, 0.29) is 5.91 Å². The lowest BCUT2D eigenvalue weighted by Crippen LogP contribution is -2.48. The number of piperazine rings is 1. The van der Waals surface area contributed by atoms with E-state index >= 15 is 0 Å². The minimum absolute atomic E-state index is 0.0784. The molecule has 0 unspecified atom stereocenters. The van der Waals surface area contributed by atoms with Gasteiger partial charge in [-0.1, -0.05) is 48.5 Å². The van der Waals surface area contributed by atoms with Gasteiger partial charge in [-0.05, 0) is 41.5 Å². The van der Waals surface area contributed by atoms with Gasteiger partial charge in [0.15, 0.2) is 0 Å². The van der Waals surface area contributed by atoms with Crippen LogP contribution in [-0.4, -0.2) is 43.4 Å². The maximum absolute atomic E-state index is 13.2. The van der Waals surface area contributed by atoms with Crippen LogP contribution in [0, 0.1) is 0 Å². The largest absolute Gasteiger partial charge is 0.368 e. The third kappa shape index (κ3) is 4.14. The molecule has 0 spiro atoms. The number of amides is 2. The highest BCUT2D eigenvalue weighted by Gasteiger charge is 2.24. The second-order valence-corrected chi connectivity index (χ2v) is 7.00. The number of nitrogens with one attached hydrogen (secondary N) is 1. The van der Waals surface area contributed by atoms with Gasteiger partial charge in [-0.2, -0.15) is 0 Å². The fourth-order valence-corrected chi connectivity index (χ4v) is 3.71. The molecule has 0 aromatic heterocycles. The zero-order valence-corrected chi connectivity index (χ0v) is 16.1. The van der Waals surface area contributed by atoms with Gasteiger partial charge in [0.1, 0.15) is 0 Å². The SMILES string of the molecule is O=CNc1ccc(N2CCN(C(=O)c3ccccc3-c3ccccc3)CC2)cc1. The average Bonchev–Trinajstić information content (AvgIpc) is 2.80. The maximum Gasteiger partial charge on any atom is 0.254 e. The smallest absolute Gasteiger partial charge is 0.254 e. The molecule has 0 bridgehead atoms. The Morgan fingerprint density at radius 3 is 2.14 bits per heavy atom. The number of anilines is 2. The van der Waals surface area contributed by atoms with Gasteiger partial charge in [-0.3, -0.25) is 9.59 Å². The molecule has 1 fully saturated rings. The van der Waals surface area contributed by atoms with Crippen molar-refractivity contribution >= 4 is 23.7 Å². The Bertz CT molecular complexity index is 979. The molecule has 146 valence electrons. The summed E-state index contributed by atoms with van der Waals surface area (Å²) in [6.07, 6.45) is 0.673. The van der Waals surface area contributed by atoms with Crippen LogP contribution in [0.3, 0.4) is 0 Å². The van der Waals surface area contributed by atoms with Crippen LogP contribution in [0.15, 0.2) is 78.9 Å². The second kappa shape index (κ2) is 8.61. The topological polar surface area (TPSA) is 52.7 Å². The molecule has 1 heterocycles. The molecule has 3 aromatic carbocycles. The summed E-state index contributed by atoms with van der Waals surface area (Å²) >= 11 is 0. The first-order valence-corrected chi connectivity index (χ1v) is 9.75. The Kier molecular flexibility index (Phi) is 5.56. The molecule has 29 heavy (non-hydrogen) atoms. The van der Waals surface area contributed by atoms with E-state index in [2.05, 4.69) is 10.2 Å². The van der Waals surface area contributed by atoms with Crippen LogP contribution >= 0.6 is 0 Å². The molecule has 5 nitrogen and oxygen atoms in total. The van der Waals surface area contributed by atoms with Crippen molar-refractivity contribution in [1.82, 2.24) is 4.90 Å². The Labute approximate surface area is 170 Å². The van der Waals surface area contributed by atoms with Crippen molar-refractivity contribution in [3.8, 4) is 11.1 Å². The first-order chi connectivity index (χ1) is 14.3. The summed E-state index contributed by atoms with van der Waals surface area (Å²) in [6.45, 7) is 2.91. The van der Waals surface area contributed by atoms with Gasteiger partial charge >= 0.3 is 0 Å². The summed E-state index contributed by atoms with van der Waals surface area (Å²) in [6, 6.07) is 25.6. The van der Waals surface area contributed by atoms with E-state index in [1.54, 1.807) is 0 Å². The van der Waals surface area contributed by atoms with Crippen LogP contribution < -0.4 is 10.2 Å². The van der Waals surface area contributed by atoms with Crippen LogP contribution in [0.4, 0.5) is 11.4 Å². The monoisotopic (exact) mass is 385 g/mol. The highest BCUT2D eigenvalue weighted by molar-refractivity contribution is 6.01. The van der Waals surface area contributed by atoms with Gasteiger partial charge < -0.3 is 15.1 Å². The van der Waals surface area contributed by atoms with Gasteiger partial charge in [0.05, 0.1) is 0 Å². The third-order valence-electron chi connectivity index (χ3n) is 5.27. The van der Waals surface area contributed by atoms with Crippen molar-refractivity contribution in [2.45, 2.75) is 0 Å². The lowest BCUT2D eigenvalue weighted by molar-refractivity contribution is -0.105. The van der Waals surface area contributed by atoms with Gasteiger partial charge in [-0.25, -0.2) is 0 Å². The summed E-state index contributed by atoms with van der Waals surface area (Å²) in [7, 11) is 0. The van der Waals surface area contributed by atoms with Gasteiger partial charge in [-0.15, -0.1) is 0 Å². The number of rotatable bonds is 5. The van der Waals surface area contributed by atoms with E-state index in [0.717, 1.165) is 41.2 Å². The molecule has 4 rings (SSSR count). The molecule has 0 aliphatic carbocycles. The number of hydrogen-bond acceptors (Lipinski definition) is 3. The van der Waals surface area contributed by atoms with E-state index in [0.29, 0.717) is 19.5 Å². The van der Waals surface area contributed by atoms with Crippen molar-refractivity contribution in [1.29, 1.82) is 0 Å². The maximum atomic E-state index is 13.2. The van der Waals surface area contributed by atoms with Crippen molar-refractivity contribution < 1.29 is 9.59 Å². The van der Waals surface area contributed by atoms with E-state index < -0.39 is 0 Å². The third-order valence-corrected chi connectivity index (χ3v) is 5.27. The highest BCUT2D eigenvalue weighted by Crippen LogP contribution is 2.26. The molecule has 1 aliphatic heterocycles. The summed E-state index contributed by atoms with van der Waals surface area (Å²) in [5, 5.41) is 2.64. The van der Waals surface area contributed by atoms with E-state index in [1.165, 1.54) is 0 Å². The van der Waals surface area contributed by atoms with E-state index in [9.17, 15) is 9.59 Å². The molecule has 0 radical (unpaired) electrons. The Hall–Kier alpha value is -3.60. The fourth-order valence-electron chi connectivity index (χ4n) is 3.71. The lowest BCUT2D eigenvalue weighted by Gasteiger charge is -2.36. The summed E-state index contributed by atoms with van der Waals surface area (Å²) < 4.78 is 0. The molecule has 3 aromatic rings. The number of carbonyl (C=O) groups is 2. The zero-order valence-electron chi connectivity index (χ0n) is 16.1. The number of benzene rings is 3. The minimum Gasteiger partial charge on any atom is -0.368 e. The Morgan fingerprint density at radius 2 is 1.45 bits per heavy atom. The van der Waals surface area contributed by atoms with Crippen molar-refractivity contribution in [2.24, 2.45) is 0 Å². The Balaban J connectivity index is 1.45. The normalized spacial score (nSPS) is 13.8. The summed E-state index contributed by atoms with van der Waals surface area (Å²) in [5.41, 5.74) is 4.64. The van der Waals surface area contributed by atoms with Crippen LogP contribution in [0.5, 0.6) is 0 Å². The van der Waals surface area contributed by atoms with Crippen molar-refractivity contribution in [2.75, 3.05) is 36.4 Å². The average molecular weight is 385 g/mol. The standard InChI is InChI=1S/C24H23N3O2/c28-18-25-20-10-12-21(13-11-20)26-14-16-27(17-15-26)24(29)23-9-5-4-8-22(23)19-6-2-1-3-7-19/h1-13,18H,14-17H2,(H,25,28). The zero-order chi connectivity index (χ0) is 20.1. The van der Waals surface area contributed by atoms with Crippen molar-refractivity contribution in [3.05, 3.63) is 84.4 Å². The molecule has 1 aliphatic rings. The lowest BCUT2D eigenvalue weighted by atomic mass is 9.98. The molecule has 1 saturated heterocycles. The number of carbonyl (C=O) groups excluding carboxylic acids is 2. The Morgan fingerprint density at radius 1 is 0.793 bits per heavy atom. The molecule has 1 N–H and O–H groups in total. The van der Waals surface area contributed by atoms with Gasteiger partial charge in [0, 0.05) is 43.1 Å². The van der Waals surface area contributed by atoms with Gasteiger partial charge in [0.2, 0.25) is 6.41 Å². The van der Waals surface area contributed by atoms with Gasteiger partial charge in [0.25, 0.3) is 5.91 Å². The molecular weight excluding hydrogens is 362 g/mol. The molecular formula is C24H23N3O2. The first kappa shape index (κ1) is 18.7. The highest BCUT2D eigenvalue weighted by atomic mass is 16.2. The first-order valence-electron chi connectivity index (χ1n) is 9.75. The minimum atomic E-state index is 0.0784. The second-order valence-electron chi connectivity index (χ2n) is 7.00. The summed E-state index contributed by atoms with van der Waals surface area (Å²) in [4.78, 5) is 27.9. The van der Waals surface area contributed by atoms with Crippen LogP contribution in [0.2, 0.25) is 0 Å². The van der Waals surface area contributed by atoms with Crippen LogP contribution in [0.1, 0.15) is 10.4 Å². The number of nitrogens with zero attached hydrogens (tertiary/aromatic N) is 2. The predicted octanol–water partition coefficient (Wildman–Crippen LogP) is 3.88. The van der Waals surface area contributed by atoms with E-state index in [4.69, 9.17) is 0 Å². The fraction of sp³-hybridized carbons (Fsp3) is 0.167. The molecule has 0 atom stereocenters. The predicted molar refractivity (Wildman–Crippen MR) is 116 cm³/mol. The quantitative estimate of drug-likeness (QED) is 0.678. The number of hydrogen-bond donors (Lipinski definition) is 1. The molecule has 0 saturated carbocycles. The summed E-state index contributed by atoms with van der Waals surface area (Å²) in [5.74, 6) is 0.0784. The van der Waals surface area contributed by atoms with Crippen LogP contribution in [0.25, 0.3) is 11.1 Å². The van der Waals surface area contributed by atoms with E-state index in [1.807, 2.05) is 83.8 Å².